The minimum Gasteiger partial charge on any atom is -0.457 e. The van der Waals surface area contributed by atoms with E-state index in [-0.39, 0.29) is 5.91 Å². The third-order valence-corrected chi connectivity index (χ3v) is 4.56. The Hall–Kier alpha value is -4.13. The molecule has 1 aromatic heterocycles. The van der Waals surface area contributed by atoms with E-state index in [2.05, 4.69) is 15.5 Å². The van der Waals surface area contributed by atoms with Gasteiger partial charge in [0, 0.05) is 43.5 Å². The van der Waals surface area contributed by atoms with Crippen molar-refractivity contribution in [3.63, 3.8) is 0 Å². The molecule has 0 fully saturated rings. The van der Waals surface area contributed by atoms with Gasteiger partial charge in [0.05, 0.1) is 0 Å². The van der Waals surface area contributed by atoms with Gasteiger partial charge < -0.3 is 19.5 Å². The molecule has 0 saturated carbocycles. The number of hydrogen-bond acceptors (Lipinski definition) is 6. The van der Waals surface area contributed by atoms with E-state index in [4.69, 9.17) is 9.26 Å². The van der Waals surface area contributed by atoms with E-state index in [0.717, 1.165) is 22.5 Å². The molecule has 7 heteroatoms. The normalized spacial score (nSPS) is 10.5. The van der Waals surface area contributed by atoms with Crippen molar-refractivity contribution in [1.29, 1.82) is 0 Å². The largest absolute Gasteiger partial charge is 0.457 e. The van der Waals surface area contributed by atoms with Crippen molar-refractivity contribution >= 4 is 17.3 Å². The lowest BCUT2D eigenvalue weighted by atomic mass is 10.2. The first-order valence-corrected chi connectivity index (χ1v) is 9.75. The second-order valence-corrected chi connectivity index (χ2v) is 7.20. The zero-order valence-corrected chi connectivity index (χ0v) is 17.5. The average molecular weight is 414 g/mol. The average Bonchev–Trinajstić information content (AvgIpc) is 3.26. The van der Waals surface area contributed by atoms with Gasteiger partial charge in [0.15, 0.2) is 0 Å². The molecular formula is C24H22N4O3. The Morgan fingerprint density at radius 2 is 1.61 bits per heavy atom. The molecule has 1 amide bonds. The number of carbonyl (C=O) groups excluding carboxylic acids is 1. The number of rotatable bonds is 6. The summed E-state index contributed by atoms with van der Waals surface area (Å²) in [6.07, 6.45) is 0. The second-order valence-electron chi connectivity index (χ2n) is 7.20. The number of hydrogen-bond donors (Lipinski definition) is 1. The fraction of sp³-hybridized carbons (Fsp3) is 0.125. The van der Waals surface area contributed by atoms with E-state index in [1.54, 1.807) is 24.3 Å². The molecule has 156 valence electrons. The van der Waals surface area contributed by atoms with Crippen molar-refractivity contribution in [2.45, 2.75) is 6.92 Å². The van der Waals surface area contributed by atoms with Crippen LogP contribution in [0.2, 0.25) is 0 Å². The summed E-state index contributed by atoms with van der Waals surface area (Å²) in [7, 11) is 3.97. The molecule has 7 nitrogen and oxygen atoms in total. The quantitative estimate of drug-likeness (QED) is 0.466. The summed E-state index contributed by atoms with van der Waals surface area (Å²) in [5.41, 5.74) is 3.47. The van der Waals surface area contributed by atoms with Crippen molar-refractivity contribution in [3.8, 4) is 34.3 Å². The highest BCUT2D eigenvalue weighted by atomic mass is 16.5. The Bertz CT molecular complexity index is 1180. The van der Waals surface area contributed by atoms with Gasteiger partial charge in [0.1, 0.15) is 11.5 Å². The van der Waals surface area contributed by atoms with Gasteiger partial charge >= 0.3 is 0 Å². The fourth-order valence-electron chi connectivity index (χ4n) is 2.99. The number of carbonyl (C=O) groups is 1. The predicted molar refractivity (Wildman–Crippen MR) is 120 cm³/mol. The summed E-state index contributed by atoms with van der Waals surface area (Å²) < 4.78 is 11.3. The molecule has 0 aliphatic rings. The van der Waals surface area contributed by atoms with Crippen LogP contribution >= 0.6 is 0 Å². The number of nitrogens with one attached hydrogen (secondary N) is 1. The van der Waals surface area contributed by atoms with E-state index in [1.165, 1.54) is 6.92 Å². The van der Waals surface area contributed by atoms with Crippen LogP contribution in [0.1, 0.15) is 6.92 Å². The predicted octanol–water partition coefficient (Wildman–Crippen LogP) is 5.22. The van der Waals surface area contributed by atoms with E-state index >= 15 is 0 Å². The van der Waals surface area contributed by atoms with Gasteiger partial charge in [-0.05, 0) is 66.7 Å². The van der Waals surface area contributed by atoms with Crippen LogP contribution in [0.15, 0.2) is 77.3 Å². The molecule has 0 radical (unpaired) electrons. The summed E-state index contributed by atoms with van der Waals surface area (Å²) in [5, 5.41) is 6.83. The van der Waals surface area contributed by atoms with Crippen LogP contribution in [0.3, 0.4) is 0 Å². The highest BCUT2D eigenvalue weighted by molar-refractivity contribution is 5.88. The molecule has 0 aliphatic heterocycles. The number of nitrogens with zero attached hydrogens (tertiary/aromatic N) is 3. The zero-order valence-electron chi connectivity index (χ0n) is 17.5. The maximum absolute atomic E-state index is 11.1. The third-order valence-electron chi connectivity index (χ3n) is 4.56. The Balaban J connectivity index is 1.46. The molecule has 0 bridgehead atoms. The summed E-state index contributed by atoms with van der Waals surface area (Å²) in [6.45, 7) is 1.47. The van der Waals surface area contributed by atoms with Crippen LogP contribution in [-0.4, -0.2) is 30.1 Å². The Labute approximate surface area is 180 Å². The molecule has 1 N–H and O–H groups in total. The van der Waals surface area contributed by atoms with Crippen molar-refractivity contribution in [1.82, 2.24) is 10.1 Å². The first-order valence-electron chi connectivity index (χ1n) is 9.75. The smallest absolute Gasteiger partial charge is 0.258 e. The van der Waals surface area contributed by atoms with Crippen LogP contribution < -0.4 is 15.0 Å². The van der Waals surface area contributed by atoms with Gasteiger partial charge in [-0.2, -0.15) is 4.98 Å². The third kappa shape index (κ3) is 4.90. The first-order chi connectivity index (χ1) is 15.0. The molecule has 31 heavy (non-hydrogen) atoms. The molecule has 0 unspecified atom stereocenters. The van der Waals surface area contributed by atoms with Crippen LogP contribution in [0, 0.1) is 0 Å². The molecule has 0 saturated heterocycles. The van der Waals surface area contributed by atoms with Crippen LogP contribution in [0.25, 0.3) is 22.8 Å². The second kappa shape index (κ2) is 8.71. The minimum absolute atomic E-state index is 0.112. The van der Waals surface area contributed by atoms with E-state index in [0.29, 0.717) is 23.2 Å². The fourth-order valence-corrected chi connectivity index (χ4v) is 2.99. The standard InChI is InChI=1S/C24H22N4O3/c1-16(29)25-19-9-13-22(14-10-19)30-21-11-7-17(8-12-21)23-26-24(31-27-23)18-5-4-6-20(15-18)28(2)3/h4-15H,1-3H3,(H,25,29). The van der Waals surface area contributed by atoms with E-state index in [1.807, 2.05) is 67.5 Å². The van der Waals surface area contributed by atoms with Gasteiger partial charge in [0.2, 0.25) is 11.7 Å². The Kier molecular flexibility index (Phi) is 5.66. The van der Waals surface area contributed by atoms with Crippen LogP contribution in [0.4, 0.5) is 11.4 Å². The number of amides is 1. The van der Waals surface area contributed by atoms with Crippen LogP contribution in [0.5, 0.6) is 11.5 Å². The van der Waals surface area contributed by atoms with Crippen molar-refractivity contribution in [2.24, 2.45) is 0 Å². The monoisotopic (exact) mass is 414 g/mol. The highest BCUT2D eigenvalue weighted by Crippen LogP contribution is 2.28. The number of anilines is 2. The molecular weight excluding hydrogens is 392 g/mol. The molecule has 0 aliphatic carbocycles. The van der Waals surface area contributed by atoms with Crippen molar-refractivity contribution in [2.75, 3.05) is 24.3 Å². The topological polar surface area (TPSA) is 80.5 Å². The Morgan fingerprint density at radius 3 is 2.26 bits per heavy atom. The van der Waals surface area contributed by atoms with Gasteiger partial charge in [-0.25, -0.2) is 0 Å². The zero-order chi connectivity index (χ0) is 21.8. The molecule has 4 aromatic rings. The maximum atomic E-state index is 11.1. The number of aromatic nitrogens is 2. The van der Waals surface area contributed by atoms with E-state index in [9.17, 15) is 4.79 Å². The van der Waals surface area contributed by atoms with E-state index < -0.39 is 0 Å². The van der Waals surface area contributed by atoms with Crippen molar-refractivity contribution in [3.05, 3.63) is 72.8 Å². The number of ether oxygens (including phenoxy) is 1. The van der Waals surface area contributed by atoms with Gasteiger partial charge in [-0.1, -0.05) is 11.2 Å². The summed E-state index contributed by atoms with van der Waals surface area (Å²) in [4.78, 5) is 17.6. The van der Waals surface area contributed by atoms with Gasteiger partial charge in [0.25, 0.3) is 5.89 Å². The SMILES string of the molecule is CC(=O)Nc1ccc(Oc2ccc(-c3noc(-c4cccc(N(C)C)c4)n3)cc2)cc1. The van der Waals surface area contributed by atoms with Crippen LogP contribution in [-0.2, 0) is 4.79 Å². The molecule has 0 spiro atoms. The maximum Gasteiger partial charge on any atom is 0.258 e. The summed E-state index contributed by atoms with van der Waals surface area (Å²) in [6, 6.07) is 22.6. The first kappa shape index (κ1) is 20.2. The Morgan fingerprint density at radius 1 is 0.935 bits per heavy atom. The molecule has 3 aromatic carbocycles. The summed E-state index contributed by atoms with van der Waals surface area (Å²) in [5.74, 6) is 2.22. The molecule has 4 rings (SSSR count). The lowest BCUT2D eigenvalue weighted by Gasteiger charge is -2.12. The summed E-state index contributed by atoms with van der Waals surface area (Å²) >= 11 is 0. The lowest BCUT2D eigenvalue weighted by Crippen LogP contribution is -2.08. The van der Waals surface area contributed by atoms with Gasteiger partial charge in [-0.15, -0.1) is 0 Å². The lowest BCUT2D eigenvalue weighted by molar-refractivity contribution is -0.114. The highest BCUT2D eigenvalue weighted by Gasteiger charge is 2.12. The van der Waals surface area contributed by atoms with Crippen molar-refractivity contribution < 1.29 is 14.1 Å². The minimum atomic E-state index is -0.112. The number of benzene rings is 3. The van der Waals surface area contributed by atoms with Gasteiger partial charge in [-0.3, -0.25) is 4.79 Å². The molecule has 1 heterocycles. The molecule has 0 atom stereocenters.